The molecule has 2 heteroatoms. The lowest BCUT2D eigenvalue weighted by Gasteiger charge is -2.44. The first kappa shape index (κ1) is 11.7. The monoisotopic (exact) mass is 222 g/mol. The number of carbonyl (C=O) groups excluding carboxylic acids is 1. The van der Waals surface area contributed by atoms with Crippen LogP contribution in [0, 0.1) is 23.7 Å². The second-order valence-electron chi connectivity index (χ2n) is 5.26. The molecule has 3 unspecified atom stereocenters. The van der Waals surface area contributed by atoms with Crippen LogP contribution in [0.1, 0.15) is 39.5 Å². The van der Waals surface area contributed by atoms with Crippen LogP contribution in [0.15, 0.2) is 12.2 Å². The number of carbonyl (C=O) groups is 1. The molecule has 0 amide bonds. The summed E-state index contributed by atoms with van der Waals surface area (Å²) in [6.07, 6.45) is 9.58. The maximum absolute atomic E-state index is 10.6. The Hall–Kier alpha value is -0.790. The third kappa shape index (κ3) is 2.02. The molecule has 0 aromatic carbocycles. The minimum absolute atomic E-state index is 0.161. The van der Waals surface area contributed by atoms with Crippen molar-refractivity contribution in [3.05, 3.63) is 12.2 Å². The normalized spacial score (nSPS) is 42.5. The number of rotatable bonds is 3. The van der Waals surface area contributed by atoms with Crippen LogP contribution in [-0.4, -0.2) is 12.6 Å². The maximum atomic E-state index is 10.6. The van der Waals surface area contributed by atoms with Crippen molar-refractivity contribution in [2.24, 2.45) is 23.7 Å². The quantitative estimate of drug-likeness (QED) is 0.541. The van der Waals surface area contributed by atoms with Crippen LogP contribution in [0.2, 0.25) is 0 Å². The Kier molecular flexibility index (Phi) is 3.67. The largest absolute Gasteiger partial charge is 0.464 e. The van der Waals surface area contributed by atoms with Gasteiger partial charge in [0.15, 0.2) is 0 Å². The van der Waals surface area contributed by atoms with Gasteiger partial charge in [-0.2, -0.15) is 0 Å². The molecule has 2 nitrogen and oxygen atoms in total. The Morgan fingerprint density at radius 1 is 1.38 bits per heavy atom. The lowest BCUT2D eigenvalue weighted by molar-refractivity contribution is -0.141. The average Bonchev–Trinajstić information content (AvgIpc) is 2.30. The molecule has 0 spiro atoms. The molecule has 0 aliphatic heterocycles. The van der Waals surface area contributed by atoms with Gasteiger partial charge in [0, 0.05) is 5.92 Å². The Morgan fingerprint density at radius 3 is 2.88 bits per heavy atom. The molecule has 0 aromatic rings. The molecule has 2 aliphatic rings. The van der Waals surface area contributed by atoms with Gasteiger partial charge in [-0.3, -0.25) is 4.79 Å². The van der Waals surface area contributed by atoms with E-state index in [1.54, 1.807) is 0 Å². The van der Waals surface area contributed by atoms with Crippen LogP contribution in [0.5, 0.6) is 0 Å². The standard InChI is InChI=1S/C14H22O2/c1-3-12-10(2)7-8-11-5-4-6-13(14(11)12)16-9-15/h7-14H,3-6H2,1-2H3/t10-,11?,12?,13-,14?/m0/s1. The van der Waals surface area contributed by atoms with E-state index in [1.807, 2.05) is 0 Å². The van der Waals surface area contributed by atoms with E-state index >= 15 is 0 Å². The summed E-state index contributed by atoms with van der Waals surface area (Å²) in [7, 11) is 0. The van der Waals surface area contributed by atoms with Gasteiger partial charge >= 0.3 is 0 Å². The van der Waals surface area contributed by atoms with Crippen molar-refractivity contribution in [2.75, 3.05) is 0 Å². The van der Waals surface area contributed by atoms with Crippen LogP contribution in [0.25, 0.3) is 0 Å². The predicted molar refractivity (Wildman–Crippen MR) is 63.9 cm³/mol. The zero-order chi connectivity index (χ0) is 11.5. The lowest BCUT2D eigenvalue weighted by Crippen LogP contribution is -2.42. The molecule has 0 heterocycles. The van der Waals surface area contributed by atoms with Gasteiger partial charge < -0.3 is 4.74 Å². The van der Waals surface area contributed by atoms with Crippen molar-refractivity contribution >= 4 is 6.47 Å². The summed E-state index contributed by atoms with van der Waals surface area (Å²) in [6, 6.07) is 0. The van der Waals surface area contributed by atoms with E-state index in [0.29, 0.717) is 30.1 Å². The topological polar surface area (TPSA) is 26.3 Å². The molecule has 1 fully saturated rings. The SMILES string of the molecule is CCC1C2C(C=C[C@@H]1C)CCC[C@@H]2OC=O. The fraction of sp³-hybridized carbons (Fsp3) is 0.786. The first-order valence-electron chi connectivity index (χ1n) is 6.55. The van der Waals surface area contributed by atoms with Crippen LogP contribution in [0.3, 0.4) is 0 Å². The van der Waals surface area contributed by atoms with Gasteiger partial charge in [0.2, 0.25) is 0 Å². The predicted octanol–water partition coefficient (Wildman–Crippen LogP) is 3.18. The molecule has 90 valence electrons. The minimum atomic E-state index is 0.161. The van der Waals surface area contributed by atoms with E-state index in [9.17, 15) is 4.79 Å². The first-order valence-corrected chi connectivity index (χ1v) is 6.55. The number of hydrogen-bond donors (Lipinski definition) is 0. The highest BCUT2D eigenvalue weighted by atomic mass is 16.5. The van der Waals surface area contributed by atoms with E-state index < -0.39 is 0 Å². The molecule has 0 saturated heterocycles. The molecule has 16 heavy (non-hydrogen) atoms. The summed E-state index contributed by atoms with van der Waals surface area (Å²) in [5.41, 5.74) is 0. The smallest absolute Gasteiger partial charge is 0.293 e. The fourth-order valence-corrected chi connectivity index (χ4v) is 3.72. The Morgan fingerprint density at radius 2 is 2.19 bits per heavy atom. The molecule has 5 atom stereocenters. The van der Waals surface area contributed by atoms with E-state index in [4.69, 9.17) is 4.74 Å². The van der Waals surface area contributed by atoms with Gasteiger partial charge in [0.1, 0.15) is 6.10 Å². The average molecular weight is 222 g/mol. The number of ether oxygens (including phenoxy) is 1. The van der Waals surface area contributed by atoms with Crippen LogP contribution in [0.4, 0.5) is 0 Å². The molecular weight excluding hydrogens is 200 g/mol. The summed E-state index contributed by atoms with van der Waals surface area (Å²) >= 11 is 0. The molecule has 2 aliphatic carbocycles. The van der Waals surface area contributed by atoms with Crippen molar-refractivity contribution in [3.63, 3.8) is 0 Å². The maximum Gasteiger partial charge on any atom is 0.293 e. The Balaban J connectivity index is 2.19. The van der Waals surface area contributed by atoms with Crippen molar-refractivity contribution in [1.82, 2.24) is 0 Å². The van der Waals surface area contributed by atoms with Gasteiger partial charge in [-0.05, 0) is 37.0 Å². The summed E-state index contributed by atoms with van der Waals surface area (Å²) in [4.78, 5) is 10.6. The lowest BCUT2D eigenvalue weighted by atomic mass is 9.63. The zero-order valence-corrected chi connectivity index (χ0v) is 10.3. The van der Waals surface area contributed by atoms with Crippen LogP contribution < -0.4 is 0 Å². The molecule has 0 N–H and O–H groups in total. The summed E-state index contributed by atoms with van der Waals surface area (Å²) in [5, 5.41) is 0. The Bertz CT molecular complexity index is 272. The van der Waals surface area contributed by atoms with Crippen molar-refractivity contribution in [1.29, 1.82) is 0 Å². The molecule has 0 radical (unpaired) electrons. The second kappa shape index (κ2) is 5.03. The third-order valence-corrected chi connectivity index (χ3v) is 4.48. The van der Waals surface area contributed by atoms with E-state index in [-0.39, 0.29) is 6.10 Å². The third-order valence-electron chi connectivity index (χ3n) is 4.48. The molecule has 0 bridgehead atoms. The first-order chi connectivity index (χ1) is 7.77. The summed E-state index contributed by atoms with van der Waals surface area (Å²) in [6.45, 7) is 5.18. The van der Waals surface area contributed by atoms with E-state index in [2.05, 4.69) is 26.0 Å². The van der Waals surface area contributed by atoms with Crippen molar-refractivity contribution in [2.45, 2.75) is 45.6 Å². The van der Waals surface area contributed by atoms with Crippen molar-refractivity contribution in [3.8, 4) is 0 Å². The zero-order valence-electron chi connectivity index (χ0n) is 10.3. The minimum Gasteiger partial charge on any atom is -0.464 e. The molecule has 0 aromatic heterocycles. The molecular formula is C14H22O2. The van der Waals surface area contributed by atoms with Gasteiger partial charge in [-0.25, -0.2) is 0 Å². The fourth-order valence-electron chi connectivity index (χ4n) is 3.72. The van der Waals surface area contributed by atoms with Gasteiger partial charge in [0.25, 0.3) is 6.47 Å². The number of allylic oxidation sites excluding steroid dienone is 2. The number of hydrogen-bond acceptors (Lipinski definition) is 2. The van der Waals surface area contributed by atoms with E-state index in [1.165, 1.54) is 19.3 Å². The van der Waals surface area contributed by atoms with E-state index in [0.717, 1.165) is 6.42 Å². The summed E-state index contributed by atoms with van der Waals surface area (Å²) in [5.74, 6) is 2.51. The number of fused-ring (bicyclic) bond motifs is 1. The highest BCUT2D eigenvalue weighted by Gasteiger charge is 2.41. The van der Waals surface area contributed by atoms with Gasteiger partial charge in [0.05, 0.1) is 0 Å². The molecule has 1 saturated carbocycles. The molecule has 2 rings (SSSR count). The van der Waals surface area contributed by atoms with Crippen LogP contribution in [-0.2, 0) is 9.53 Å². The van der Waals surface area contributed by atoms with Gasteiger partial charge in [-0.1, -0.05) is 32.4 Å². The van der Waals surface area contributed by atoms with Gasteiger partial charge in [-0.15, -0.1) is 0 Å². The Labute approximate surface area is 98.1 Å². The highest BCUT2D eigenvalue weighted by Crippen LogP contribution is 2.45. The summed E-state index contributed by atoms with van der Waals surface area (Å²) < 4.78 is 5.32. The van der Waals surface area contributed by atoms with Crippen LogP contribution >= 0.6 is 0 Å². The van der Waals surface area contributed by atoms with Crippen molar-refractivity contribution < 1.29 is 9.53 Å². The highest BCUT2D eigenvalue weighted by molar-refractivity contribution is 5.37. The second-order valence-corrected chi connectivity index (χ2v) is 5.26.